The molecule has 1 aromatic carbocycles. The first-order valence-corrected chi connectivity index (χ1v) is 9.45. The van der Waals surface area contributed by atoms with E-state index >= 15 is 0 Å². The Balaban J connectivity index is 1.57. The Kier molecular flexibility index (Phi) is 4.12. The summed E-state index contributed by atoms with van der Waals surface area (Å²) in [6.45, 7) is 3.58. The normalized spacial score (nSPS) is 15.4. The van der Waals surface area contributed by atoms with Gasteiger partial charge in [0.05, 0.1) is 41.6 Å². The van der Waals surface area contributed by atoms with Crippen LogP contribution in [-0.4, -0.2) is 45.3 Å². The maximum Gasteiger partial charge on any atom is 0.157 e. The van der Waals surface area contributed by atoms with Gasteiger partial charge in [0, 0.05) is 24.8 Å². The smallest absolute Gasteiger partial charge is 0.157 e. The molecule has 5 rings (SSSR count). The van der Waals surface area contributed by atoms with Crippen molar-refractivity contribution in [2.75, 3.05) is 25.6 Å². The number of methoxy groups -OCH3 is 1. The summed E-state index contributed by atoms with van der Waals surface area (Å²) >= 11 is 0. The first-order chi connectivity index (χ1) is 13.7. The van der Waals surface area contributed by atoms with Gasteiger partial charge in [-0.3, -0.25) is 9.78 Å². The molecule has 0 radical (unpaired) electrons. The third kappa shape index (κ3) is 2.77. The molecule has 1 fully saturated rings. The lowest BCUT2D eigenvalue weighted by atomic mass is 10.1. The van der Waals surface area contributed by atoms with Crippen LogP contribution in [0.25, 0.3) is 21.8 Å². The number of aryl methyl sites for hydroxylation is 1. The molecule has 8 nitrogen and oxygen atoms in total. The van der Waals surface area contributed by atoms with E-state index in [1.54, 1.807) is 7.11 Å². The minimum absolute atomic E-state index is 0.379. The van der Waals surface area contributed by atoms with Gasteiger partial charge in [0.15, 0.2) is 5.82 Å². The number of benzene rings is 1. The summed E-state index contributed by atoms with van der Waals surface area (Å²) in [5, 5.41) is 17.4. The number of hydrogen-bond donors (Lipinski definition) is 2. The van der Waals surface area contributed by atoms with Crippen molar-refractivity contribution in [3.8, 4) is 5.75 Å². The summed E-state index contributed by atoms with van der Waals surface area (Å²) < 4.78 is 13.0. The van der Waals surface area contributed by atoms with Crippen LogP contribution in [0.4, 0.5) is 11.5 Å². The minimum Gasteiger partial charge on any atom is -0.496 e. The lowest BCUT2D eigenvalue weighted by Gasteiger charge is -2.22. The Bertz CT molecular complexity index is 1140. The number of aromatic amines is 1. The van der Waals surface area contributed by atoms with Crippen LogP contribution in [-0.2, 0) is 4.74 Å². The average molecular weight is 378 g/mol. The number of nitrogens with one attached hydrogen (secondary N) is 2. The highest BCUT2D eigenvalue weighted by atomic mass is 16.5. The molecule has 2 N–H and O–H groups in total. The van der Waals surface area contributed by atoms with E-state index in [0.29, 0.717) is 6.04 Å². The predicted octanol–water partition coefficient (Wildman–Crippen LogP) is 3.72. The Morgan fingerprint density at radius 1 is 1.29 bits per heavy atom. The molecule has 0 aliphatic carbocycles. The van der Waals surface area contributed by atoms with E-state index in [4.69, 9.17) is 19.6 Å². The van der Waals surface area contributed by atoms with Crippen LogP contribution in [0.1, 0.15) is 24.6 Å². The van der Waals surface area contributed by atoms with Crippen molar-refractivity contribution in [3.63, 3.8) is 0 Å². The SMILES string of the molecule is COc1cccc2nc(Nc3cn(C4CCOCC4)nc3C)c3[nH]ncc3c12. The molecule has 0 atom stereocenters. The number of fused-ring (bicyclic) bond motifs is 3. The van der Waals surface area contributed by atoms with Gasteiger partial charge in [0.1, 0.15) is 11.3 Å². The maximum absolute atomic E-state index is 5.53. The zero-order valence-corrected chi connectivity index (χ0v) is 15.9. The summed E-state index contributed by atoms with van der Waals surface area (Å²) in [7, 11) is 1.67. The van der Waals surface area contributed by atoms with Crippen LogP contribution in [0, 0.1) is 6.92 Å². The fraction of sp³-hybridized carbons (Fsp3) is 0.350. The fourth-order valence-electron chi connectivity index (χ4n) is 3.85. The summed E-state index contributed by atoms with van der Waals surface area (Å²) in [6, 6.07) is 6.24. The van der Waals surface area contributed by atoms with Crippen molar-refractivity contribution in [2.24, 2.45) is 0 Å². The quantitative estimate of drug-likeness (QED) is 0.562. The largest absolute Gasteiger partial charge is 0.496 e. The number of nitrogens with zero attached hydrogens (tertiary/aromatic N) is 4. The number of rotatable bonds is 4. The number of anilines is 2. The van der Waals surface area contributed by atoms with Crippen molar-refractivity contribution in [1.82, 2.24) is 25.0 Å². The molecule has 1 saturated heterocycles. The lowest BCUT2D eigenvalue weighted by Crippen LogP contribution is -2.19. The molecular formula is C20H22N6O2. The fourth-order valence-corrected chi connectivity index (χ4v) is 3.85. The summed E-state index contributed by atoms with van der Waals surface area (Å²) in [4.78, 5) is 4.82. The predicted molar refractivity (Wildman–Crippen MR) is 107 cm³/mol. The lowest BCUT2D eigenvalue weighted by molar-refractivity contribution is 0.0662. The first kappa shape index (κ1) is 17.0. The van der Waals surface area contributed by atoms with E-state index in [-0.39, 0.29) is 0 Å². The van der Waals surface area contributed by atoms with Gasteiger partial charge in [-0.25, -0.2) is 4.98 Å². The molecule has 0 bridgehead atoms. The van der Waals surface area contributed by atoms with Crippen molar-refractivity contribution < 1.29 is 9.47 Å². The Morgan fingerprint density at radius 2 is 2.14 bits per heavy atom. The van der Waals surface area contributed by atoms with E-state index < -0.39 is 0 Å². The molecule has 4 heterocycles. The topological polar surface area (TPSA) is 89.9 Å². The average Bonchev–Trinajstić information content (AvgIpc) is 3.36. The number of H-pyrrole nitrogens is 1. The third-order valence-electron chi connectivity index (χ3n) is 5.34. The molecule has 4 aromatic rings. The Morgan fingerprint density at radius 3 is 2.96 bits per heavy atom. The highest BCUT2D eigenvalue weighted by Gasteiger charge is 2.19. The van der Waals surface area contributed by atoms with E-state index in [2.05, 4.69) is 26.4 Å². The molecule has 1 aliphatic rings. The number of pyridine rings is 1. The second-order valence-corrected chi connectivity index (χ2v) is 7.05. The number of hydrogen-bond acceptors (Lipinski definition) is 6. The van der Waals surface area contributed by atoms with Gasteiger partial charge in [-0.2, -0.15) is 10.2 Å². The van der Waals surface area contributed by atoms with E-state index in [1.165, 1.54) is 0 Å². The summed E-state index contributed by atoms with van der Waals surface area (Å²) in [5.41, 5.74) is 3.57. The van der Waals surface area contributed by atoms with Crippen LogP contribution < -0.4 is 10.1 Å². The van der Waals surface area contributed by atoms with Gasteiger partial charge in [-0.1, -0.05) is 6.07 Å². The van der Waals surface area contributed by atoms with Crippen LogP contribution in [0.5, 0.6) is 5.75 Å². The molecule has 28 heavy (non-hydrogen) atoms. The molecule has 0 unspecified atom stereocenters. The number of ether oxygens (including phenoxy) is 2. The van der Waals surface area contributed by atoms with Gasteiger partial charge in [0.25, 0.3) is 0 Å². The third-order valence-corrected chi connectivity index (χ3v) is 5.34. The molecule has 8 heteroatoms. The van der Waals surface area contributed by atoms with Crippen molar-refractivity contribution in [1.29, 1.82) is 0 Å². The van der Waals surface area contributed by atoms with Crippen LogP contribution in [0.2, 0.25) is 0 Å². The van der Waals surface area contributed by atoms with Crippen molar-refractivity contribution >= 4 is 33.3 Å². The second-order valence-electron chi connectivity index (χ2n) is 7.05. The molecule has 144 valence electrons. The molecule has 3 aromatic heterocycles. The van der Waals surface area contributed by atoms with E-state index in [0.717, 1.165) is 70.8 Å². The standard InChI is InChI=1S/C20H22N6O2/c1-12-16(11-26(25-12)13-6-8-28-9-7-13)23-20-19-14(10-21-24-19)18-15(22-20)4-3-5-17(18)27-2/h3-5,10-11,13H,6-9H2,1-2H3,(H,21,24)(H,22,23). The monoisotopic (exact) mass is 378 g/mol. The second kappa shape index (κ2) is 6.79. The van der Waals surface area contributed by atoms with Crippen molar-refractivity contribution in [3.05, 3.63) is 36.3 Å². The minimum atomic E-state index is 0.379. The zero-order valence-electron chi connectivity index (χ0n) is 15.9. The Hall–Kier alpha value is -3.13. The maximum atomic E-state index is 5.53. The van der Waals surface area contributed by atoms with E-state index in [9.17, 15) is 0 Å². The Labute approximate surface area is 161 Å². The molecular weight excluding hydrogens is 356 g/mol. The molecule has 0 amide bonds. The van der Waals surface area contributed by atoms with Gasteiger partial charge in [-0.15, -0.1) is 0 Å². The summed E-state index contributed by atoms with van der Waals surface area (Å²) in [5.74, 6) is 1.51. The van der Waals surface area contributed by atoms with Gasteiger partial charge in [-0.05, 0) is 31.9 Å². The van der Waals surface area contributed by atoms with Gasteiger partial charge in [0.2, 0.25) is 0 Å². The molecule has 0 spiro atoms. The number of aromatic nitrogens is 5. The zero-order chi connectivity index (χ0) is 19.1. The summed E-state index contributed by atoms with van der Waals surface area (Å²) in [6.07, 6.45) is 5.84. The molecule has 0 saturated carbocycles. The first-order valence-electron chi connectivity index (χ1n) is 9.45. The van der Waals surface area contributed by atoms with Crippen LogP contribution in [0.15, 0.2) is 30.6 Å². The van der Waals surface area contributed by atoms with Gasteiger partial charge < -0.3 is 14.8 Å². The van der Waals surface area contributed by atoms with Crippen LogP contribution >= 0.6 is 0 Å². The van der Waals surface area contributed by atoms with Crippen LogP contribution in [0.3, 0.4) is 0 Å². The van der Waals surface area contributed by atoms with Crippen molar-refractivity contribution in [2.45, 2.75) is 25.8 Å². The van der Waals surface area contributed by atoms with E-state index in [1.807, 2.05) is 31.3 Å². The highest BCUT2D eigenvalue weighted by Crippen LogP contribution is 2.35. The highest BCUT2D eigenvalue weighted by molar-refractivity contribution is 6.11. The van der Waals surface area contributed by atoms with Gasteiger partial charge >= 0.3 is 0 Å². The molecule has 1 aliphatic heterocycles.